The van der Waals surface area contributed by atoms with E-state index in [1.54, 1.807) is 0 Å². The number of anilines is 1. The van der Waals surface area contributed by atoms with Crippen molar-refractivity contribution in [2.45, 2.75) is 45.1 Å². The first-order valence-corrected chi connectivity index (χ1v) is 6.83. The van der Waals surface area contributed by atoms with E-state index < -0.39 is 4.92 Å². The van der Waals surface area contributed by atoms with Crippen LogP contribution in [0.15, 0.2) is 6.20 Å². The van der Waals surface area contributed by atoms with Crippen LogP contribution in [0.2, 0.25) is 0 Å². The van der Waals surface area contributed by atoms with Crippen molar-refractivity contribution in [3.63, 3.8) is 0 Å². The smallest absolute Gasteiger partial charge is 0.345 e. The van der Waals surface area contributed by atoms with Crippen molar-refractivity contribution >= 4 is 21.5 Å². The highest BCUT2D eigenvalue weighted by Gasteiger charge is 2.18. The lowest BCUT2D eigenvalue weighted by Gasteiger charge is -2.14. The maximum absolute atomic E-state index is 10.6. The van der Waals surface area contributed by atoms with Crippen LogP contribution in [-0.2, 0) is 0 Å². The molecule has 5 nitrogen and oxygen atoms in total. The van der Waals surface area contributed by atoms with Crippen molar-refractivity contribution in [3.8, 4) is 0 Å². The molecule has 1 heterocycles. The highest BCUT2D eigenvalue weighted by Crippen LogP contribution is 2.29. The minimum absolute atomic E-state index is 0.106. The molecule has 0 aromatic carbocycles. The van der Waals surface area contributed by atoms with Crippen LogP contribution < -0.4 is 5.32 Å². The summed E-state index contributed by atoms with van der Waals surface area (Å²) < 4.78 is 0. The zero-order valence-corrected chi connectivity index (χ0v) is 10.7. The largest absolute Gasteiger partial charge is 0.359 e. The Kier molecular flexibility index (Phi) is 3.93. The first kappa shape index (κ1) is 12.3. The fraction of sp³-hybridized carbons (Fsp3) is 0.727. The van der Waals surface area contributed by atoms with Crippen LogP contribution in [0.4, 0.5) is 10.1 Å². The summed E-state index contributed by atoms with van der Waals surface area (Å²) in [6.07, 6.45) is 7.34. The second kappa shape index (κ2) is 5.44. The zero-order valence-electron chi connectivity index (χ0n) is 9.89. The lowest BCUT2D eigenvalue weighted by molar-refractivity contribution is -0.380. The number of nitro groups is 1. The molecule has 94 valence electrons. The average Bonchev–Trinajstić information content (AvgIpc) is 2.65. The first-order chi connectivity index (χ1) is 8.15. The molecule has 2 rings (SSSR count). The molecule has 1 fully saturated rings. The van der Waals surface area contributed by atoms with E-state index in [9.17, 15) is 10.1 Å². The van der Waals surface area contributed by atoms with Crippen LogP contribution in [0, 0.1) is 16.0 Å². The van der Waals surface area contributed by atoms with Gasteiger partial charge < -0.3 is 5.32 Å². The van der Waals surface area contributed by atoms with Gasteiger partial charge in [0.2, 0.25) is 0 Å². The number of nitrogens with one attached hydrogen (secondary N) is 1. The summed E-state index contributed by atoms with van der Waals surface area (Å²) in [4.78, 5) is 14.2. The molecule has 0 amide bonds. The molecule has 0 bridgehead atoms. The van der Waals surface area contributed by atoms with E-state index in [4.69, 9.17) is 0 Å². The van der Waals surface area contributed by atoms with E-state index in [-0.39, 0.29) is 5.00 Å². The summed E-state index contributed by atoms with van der Waals surface area (Å²) in [6, 6.07) is 0.422. The molecule has 1 aromatic heterocycles. The van der Waals surface area contributed by atoms with Gasteiger partial charge >= 0.3 is 5.00 Å². The van der Waals surface area contributed by atoms with Crippen molar-refractivity contribution in [2.24, 2.45) is 5.92 Å². The predicted molar refractivity (Wildman–Crippen MR) is 68.4 cm³/mol. The predicted octanol–water partition coefficient (Wildman–Crippen LogP) is 3.43. The van der Waals surface area contributed by atoms with Crippen LogP contribution in [0.25, 0.3) is 0 Å². The quantitative estimate of drug-likeness (QED) is 0.510. The van der Waals surface area contributed by atoms with E-state index >= 15 is 0 Å². The summed E-state index contributed by atoms with van der Waals surface area (Å²) in [6.45, 7) is 2.29. The Labute approximate surface area is 104 Å². The summed E-state index contributed by atoms with van der Waals surface area (Å²) >= 11 is 1.12. The minimum atomic E-state index is -0.391. The second-order valence-corrected chi connectivity index (χ2v) is 5.72. The van der Waals surface area contributed by atoms with Gasteiger partial charge in [0, 0.05) is 6.04 Å². The highest BCUT2D eigenvalue weighted by molar-refractivity contribution is 7.18. The topological polar surface area (TPSA) is 68.1 Å². The van der Waals surface area contributed by atoms with Crippen molar-refractivity contribution in [2.75, 3.05) is 5.32 Å². The summed E-state index contributed by atoms with van der Waals surface area (Å²) in [5, 5.41) is 14.7. The van der Waals surface area contributed by atoms with Gasteiger partial charge in [-0.3, -0.25) is 10.1 Å². The normalized spacial score (nSPS) is 25.2. The summed E-state index contributed by atoms with van der Waals surface area (Å²) in [5.74, 6) is 0.799. The molecule has 0 aliphatic heterocycles. The summed E-state index contributed by atoms with van der Waals surface area (Å²) in [7, 11) is 0. The van der Waals surface area contributed by atoms with Crippen LogP contribution in [-0.4, -0.2) is 15.9 Å². The molecule has 2 unspecified atom stereocenters. The van der Waals surface area contributed by atoms with Crippen LogP contribution in [0.1, 0.15) is 39.0 Å². The number of aromatic nitrogens is 1. The number of thiazole rings is 1. The van der Waals surface area contributed by atoms with Gasteiger partial charge in [-0.05, 0) is 36.5 Å². The lowest BCUT2D eigenvalue weighted by Crippen LogP contribution is -2.18. The molecule has 17 heavy (non-hydrogen) atoms. The van der Waals surface area contributed by atoms with E-state index in [0.717, 1.165) is 30.1 Å². The molecule has 1 aliphatic carbocycles. The number of hydrogen-bond donors (Lipinski definition) is 1. The van der Waals surface area contributed by atoms with E-state index in [1.165, 1.54) is 25.5 Å². The van der Waals surface area contributed by atoms with Gasteiger partial charge in [-0.15, -0.1) is 0 Å². The Balaban J connectivity index is 1.93. The molecule has 1 N–H and O–H groups in total. The zero-order chi connectivity index (χ0) is 12.3. The van der Waals surface area contributed by atoms with Crippen molar-refractivity contribution < 1.29 is 4.92 Å². The molecule has 6 heteroatoms. The van der Waals surface area contributed by atoms with E-state index in [0.29, 0.717) is 11.2 Å². The average molecular weight is 255 g/mol. The number of rotatable bonds is 3. The fourth-order valence-corrected chi connectivity index (χ4v) is 2.93. The molecule has 1 aromatic rings. The van der Waals surface area contributed by atoms with E-state index in [1.807, 2.05) is 0 Å². The maximum Gasteiger partial charge on any atom is 0.345 e. The monoisotopic (exact) mass is 255 g/mol. The third kappa shape index (κ3) is 3.39. The standard InChI is InChI=1S/C11H17N3O2S/c1-8-3-2-4-9(6-5-8)13-11-12-7-10(17-11)14(15)16/h7-9H,2-6H2,1H3,(H,12,13). The van der Waals surface area contributed by atoms with Gasteiger partial charge in [0.05, 0.1) is 4.92 Å². The van der Waals surface area contributed by atoms with Gasteiger partial charge in [0.1, 0.15) is 6.20 Å². The Bertz CT molecular complexity index is 394. The minimum Gasteiger partial charge on any atom is -0.359 e. The molecule has 1 saturated carbocycles. The summed E-state index contributed by atoms with van der Waals surface area (Å²) in [5.41, 5.74) is 0. The van der Waals surface area contributed by atoms with Crippen molar-refractivity contribution in [1.82, 2.24) is 4.98 Å². The Morgan fingerprint density at radius 3 is 3.00 bits per heavy atom. The first-order valence-electron chi connectivity index (χ1n) is 6.02. The van der Waals surface area contributed by atoms with Crippen LogP contribution in [0.5, 0.6) is 0 Å². The third-order valence-corrected chi connectivity index (χ3v) is 4.14. The van der Waals surface area contributed by atoms with E-state index in [2.05, 4.69) is 17.2 Å². The maximum atomic E-state index is 10.6. The second-order valence-electron chi connectivity index (χ2n) is 4.72. The Hall–Kier alpha value is -1.17. The molecule has 0 saturated heterocycles. The third-order valence-electron chi connectivity index (χ3n) is 3.26. The van der Waals surface area contributed by atoms with Crippen molar-refractivity contribution in [1.29, 1.82) is 0 Å². The molecular weight excluding hydrogens is 238 g/mol. The van der Waals surface area contributed by atoms with Crippen molar-refractivity contribution in [3.05, 3.63) is 16.3 Å². The van der Waals surface area contributed by atoms with Gasteiger partial charge in [0.25, 0.3) is 0 Å². The number of nitrogens with zero attached hydrogens (tertiary/aromatic N) is 2. The molecule has 0 spiro atoms. The van der Waals surface area contributed by atoms with Gasteiger partial charge in [-0.1, -0.05) is 19.8 Å². The van der Waals surface area contributed by atoms with Gasteiger partial charge in [-0.25, -0.2) is 4.98 Å². The number of hydrogen-bond acceptors (Lipinski definition) is 5. The lowest BCUT2D eigenvalue weighted by atomic mass is 10.0. The molecule has 1 aliphatic rings. The Morgan fingerprint density at radius 2 is 2.29 bits per heavy atom. The molecule has 0 radical (unpaired) electrons. The van der Waals surface area contributed by atoms with Crippen LogP contribution >= 0.6 is 11.3 Å². The van der Waals surface area contributed by atoms with Gasteiger partial charge in [0.15, 0.2) is 5.13 Å². The van der Waals surface area contributed by atoms with Crippen LogP contribution in [0.3, 0.4) is 0 Å². The fourth-order valence-electron chi connectivity index (χ4n) is 2.22. The SMILES string of the molecule is CC1CCCC(Nc2ncc([N+](=O)[O-])s2)CC1. The molecular formula is C11H17N3O2S. The highest BCUT2D eigenvalue weighted by atomic mass is 32.1. The van der Waals surface area contributed by atoms with Gasteiger partial charge in [-0.2, -0.15) is 0 Å². The Morgan fingerprint density at radius 1 is 1.47 bits per heavy atom. The molecule has 2 atom stereocenters.